The highest BCUT2D eigenvalue weighted by Crippen LogP contribution is 2.27. The molecule has 1 fully saturated rings. The number of methoxy groups -OCH3 is 1. The quantitative estimate of drug-likeness (QED) is 0.625. The van der Waals surface area contributed by atoms with Crippen molar-refractivity contribution < 1.29 is 14.3 Å². The van der Waals surface area contributed by atoms with E-state index in [1.807, 2.05) is 36.4 Å². The van der Waals surface area contributed by atoms with E-state index in [0.29, 0.717) is 54.0 Å². The Morgan fingerprint density at radius 1 is 0.968 bits per heavy atom. The molecule has 1 aliphatic rings. The van der Waals surface area contributed by atoms with Gasteiger partial charge in [0, 0.05) is 43.7 Å². The number of hydrogen-bond acceptors (Lipinski definition) is 4. The first kappa shape index (κ1) is 20.9. The lowest BCUT2D eigenvalue weighted by molar-refractivity contribution is -0.130. The molecule has 1 aromatic heterocycles. The molecule has 0 spiro atoms. The predicted octanol–water partition coefficient (Wildman–Crippen LogP) is 3.51. The number of halogens is 1. The highest BCUT2D eigenvalue weighted by molar-refractivity contribution is 6.30. The van der Waals surface area contributed by atoms with Crippen molar-refractivity contribution >= 4 is 23.4 Å². The van der Waals surface area contributed by atoms with Crippen molar-refractivity contribution in [3.05, 3.63) is 65.3 Å². The van der Waals surface area contributed by atoms with Crippen LogP contribution in [0.1, 0.15) is 17.4 Å². The molecule has 2 aromatic carbocycles. The molecule has 0 aliphatic carbocycles. The van der Waals surface area contributed by atoms with Crippen LogP contribution in [0.4, 0.5) is 0 Å². The van der Waals surface area contributed by atoms with Crippen LogP contribution in [-0.2, 0) is 4.79 Å². The molecule has 7 nitrogen and oxygen atoms in total. The second-order valence-corrected chi connectivity index (χ2v) is 7.77. The Hall–Kier alpha value is -3.32. The Kier molecular flexibility index (Phi) is 5.95. The molecule has 0 unspecified atom stereocenters. The van der Waals surface area contributed by atoms with Crippen molar-refractivity contribution in [1.29, 1.82) is 0 Å². The maximum absolute atomic E-state index is 13.4. The second kappa shape index (κ2) is 8.81. The minimum atomic E-state index is -0.134. The molecule has 0 N–H and O–H groups in total. The molecule has 31 heavy (non-hydrogen) atoms. The third-order valence-electron chi connectivity index (χ3n) is 5.36. The first-order valence-electron chi connectivity index (χ1n) is 10.0. The fourth-order valence-electron chi connectivity index (χ4n) is 3.65. The topological polar surface area (TPSA) is 67.7 Å². The van der Waals surface area contributed by atoms with Crippen molar-refractivity contribution in [3.8, 4) is 22.7 Å². The summed E-state index contributed by atoms with van der Waals surface area (Å²) in [5, 5.41) is 5.28. The van der Waals surface area contributed by atoms with Crippen LogP contribution in [0.3, 0.4) is 0 Å². The predicted molar refractivity (Wildman–Crippen MR) is 119 cm³/mol. The largest absolute Gasteiger partial charge is 0.497 e. The standard InChI is InChI=1S/C23H23ClN4O3/c1-16(29)26-9-11-27(12-10-26)23(30)22-15-21(17-5-3-8-20(13-17)31-2)25-28(22)19-7-4-6-18(24)14-19/h3-8,13-15H,9-12H2,1-2H3. The zero-order valence-electron chi connectivity index (χ0n) is 17.4. The summed E-state index contributed by atoms with van der Waals surface area (Å²) in [5.74, 6) is 0.601. The van der Waals surface area contributed by atoms with E-state index in [-0.39, 0.29) is 11.8 Å². The number of rotatable bonds is 4. The van der Waals surface area contributed by atoms with Gasteiger partial charge in [-0.2, -0.15) is 5.10 Å². The number of carbonyl (C=O) groups is 2. The molecule has 3 aromatic rings. The highest BCUT2D eigenvalue weighted by Gasteiger charge is 2.27. The summed E-state index contributed by atoms with van der Waals surface area (Å²) in [4.78, 5) is 28.5. The van der Waals surface area contributed by atoms with E-state index in [1.54, 1.807) is 46.7 Å². The molecular formula is C23H23ClN4O3. The lowest BCUT2D eigenvalue weighted by atomic mass is 10.1. The summed E-state index contributed by atoms with van der Waals surface area (Å²) in [5.41, 5.74) is 2.64. The van der Waals surface area contributed by atoms with Gasteiger partial charge in [0.2, 0.25) is 5.91 Å². The van der Waals surface area contributed by atoms with Gasteiger partial charge in [-0.15, -0.1) is 0 Å². The number of benzene rings is 2. The number of nitrogens with zero attached hydrogens (tertiary/aromatic N) is 4. The van der Waals surface area contributed by atoms with Crippen molar-refractivity contribution in [3.63, 3.8) is 0 Å². The maximum atomic E-state index is 13.4. The number of carbonyl (C=O) groups excluding carboxylic acids is 2. The Morgan fingerprint density at radius 3 is 2.35 bits per heavy atom. The molecule has 160 valence electrons. The molecule has 2 amide bonds. The van der Waals surface area contributed by atoms with E-state index >= 15 is 0 Å². The second-order valence-electron chi connectivity index (χ2n) is 7.34. The third-order valence-corrected chi connectivity index (χ3v) is 5.59. The number of hydrogen-bond donors (Lipinski definition) is 0. The Labute approximate surface area is 185 Å². The maximum Gasteiger partial charge on any atom is 0.272 e. The van der Waals surface area contributed by atoms with E-state index in [4.69, 9.17) is 21.4 Å². The summed E-state index contributed by atoms with van der Waals surface area (Å²) in [6.45, 7) is 3.55. The van der Waals surface area contributed by atoms with Crippen LogP contribution in [0.5, 0.6) is 5.75 Å². The Bertz CT molecular complexity index is 1120. The fourth-order valence-corrected chi connectivity index (χ4v) is 3.83. The first-order chi connectivity index (χ1) is 15.0. The lowest BCUT2D eigenvalue weighted by Crippen LogP contribution is -2.50. The molecule has 2 heterocycles. The van der Waals surface area contributed by atoms with Crippen molar-refractivity contribution in [2.24, 2.45) is 0 Å². The smallest absolute Gasteiger partial charge is 0.272 e. The molecule has 0 bridgehead atoms. The van der Waals surface area contributed by atoms with Crippen LogP contribution in [0.25, 0.3) is 16.9 Å². The van der Waals surface area contributed by atoms with Gasteiger partial charge in [0.1, 0.15) is 11.4 Å². The van der Waals surface area contributed by atoms with Crippen LogP contribution in [-0.4, -0.2) is 64.7 Å². The molecule has 0 radical (unpaired) electrons. The normalized spacial score (nSPS) is 13.9. The van der Waals surface area contributed by atoms with E-state index in [1.165, 1.54) is 0 Å². The average molecular weight is 439 g/mol. The molecular weight excluding hydrogens is 416 g/mol. The van der Waals surface area contributed by atoms with Crippen molar-refractivity contribution in [1.82, 2.24) is 19.6 Å². The zero-order chi connectivity index (χ0) is 22.0. The molecule has 0 saturated carbocycles. The number of amides is 2. The van der Waals surface area contributed by atoms with Crippen molar-refractivity contribution in [2.45, 2.75) is 6.92 Å². The van der Waals surface area contributed by atoms with Gasteiger partial charge in [-0.3, -0.25) is 9.59 Å². The van der Waals surface area contributed by atoms with Gasteiger partial charge in [0.15, 0.2) is 0 Å². The zero-order valence-corrected chi connectivity index (χ0v) is 18.2. The van der Waals surface area contributed by atoms with Gasteiger partial charge in [-0.1, -0.05) is 29.8 Å². The minimum absolute atomic E-state index is 0.0244. The Balaban J connectivity index is 1.72. The monoisotopic (exact) mass is 438 g/mol. The van der Waals surface area contributed by atoms with Crippen LogP contribution >= 0.6 is 11.6 Å². The van der Waals surface area contributed by atoms with Gasteiger partial charge in [0.05, 0.1) is 18.5 Å². The van der Waals surface area contributed by atoms with Crippen LogP contribution in [0, 0.1) is 0 Å². The SMILES string of the molecule is COc1cccc(-c2cc(C(=O)N3CCN(C(C)=O)CC3)n(-c3cccc(Cl)c3)n2)c1. The van der Waals surface area contributed by atoms with E-state index in [0.717, 1.165) is 5.56 Å². The van der Waals surface area contributed by atoms with Gasteiger partial charge in [-0.25, -0.2) is 4.68 Å². The molecule has 0 atom stereocenters. The molecule has 1 saturated heterocycles. The summed E-state index contributed by atoms with van der Waals surface area (Å²) >= 11 is 6.19. The fraction of sp³-hybridized carbons (Fsp3) is 0.261. The Morgan fingerprint density at radius 2 is 1.68 bits per heavy atom. The summed E-state index contributed by atoms with van der Waals surface area (Å²) in [6.07, 6.45) is 0. The average Bonchev–Trinajstić information content (AvgIpc) is 3.24. The van der Waals surface area contributed by atoms with Crippen LogP contribution in [0.15, 0.2) is 54.6 Å². The number of piperazine rings is 1. The van der Waals surface area contributed by atoms with E-state index in [9.17, 15) is 9.59 Å². The number of ether oxygens (including phenoxy) is 1. The van der Waals surface area contributed by atoms with E-state index < -0.39 is 0 Å². The third kappa shape index (κ3) is 4.41. The minimum Gasteiger partial charge on any atom is -0.497 e. The molecule has 1 aliphatic heterocycles. The van der Waals surface area contributed by atoms with Gasteiger partial charge in [0.25, 0.3) is 5.91 Å². The first-order valence-corrected chi connectivity index (χ1v) is 10.4. The van der Waals surface area contributed by atoms with Crippen LogP contribution in [0.2, 0.25) is 5.02 Å². The lowest BCUT2D eigenvalue weighted by Gasteiger charge is -2.34. The molecule has 4 rings (SSSR count). The summed E-state index contributed by atoms with van der Waals surface area (Å²) in [7, 11) is 1.61. The summed E-state index contributed by atoms with van der Waals surface area (Å²) in [6, 6.07) is 16.6. The van der Waals surface area contributed by atoms with Crippen LogP contribution < -0.4 is 4.74 Å². The van der Waals surface area contributed by atoms with Crippen molar-refractivity contribution in [2.75, 3.05) is 33.3 Å². The van der Waals surface area contributed by atoms with E-state index in [2.05, 4.69) is 0 Å². The summed E-state index contributed by atoms with van der Waals surface area (Å²) < 4.78 is 6.95. The number of aromatic nitrogens is 2. The highest BCUT2D eigenvalue weighted by atomic mass is 35.5. The van der Waals surface area contributed by atoms with Gasteiger partial charge >= 0.3 is 0 Å². The van der Waals surface area contributed by atoms with Gasteiger partial charge in [-0.05, 0) is 36.4 Å². The van der Waals surface area contributed by atoms with Gasteiger partial charge < -0.3 is 14.5 Å². The molecule has 8 heteroatoms.